The summed E-state index contributed by atoms with van der Waals surface area (Å²) in [6, 6.07) is 3.88. The lowest BCUT2D eigenvalue weighted by Gasteiger charge is -2.22. The molecule has 0 aliphatic carbocycles. The summed E-state index contributed by atoms with van der Waals surface area (Å²) >= 11 is 0. The van der Waals surface area contributed by atoms with Gasteiger partial charge in [-0.3, -0.25) is 0 Å². The normalized spacial score (nSPS) is 11.7. The minimum atomic E-state index is -3.92. The van der Waals surface area contributed by atoms with Gasteiger partial charge in [0.2, 0.25) is 10.0 Å². The van der Waals surface area contributed by atoms with Crippen molar-refractivity contribution >= 4 is 21.7 Å². The molecule has 3 N–H and O–H groups in total. The van der Waals surface area contributed by atoms with Gasteiger partial charge in [-0.2, -0.15) is 0 Å². The number of nitrogens with zero attached hydrogens (tertiary/aromatic N) is 2. The van der Waals surface area contributed by atoms with Crippen LogP contribution in [0.15, 0.2) is 23.1 Å². The molecule has 21 heavy (non-hydrogen) atoms. The number of benzene rings is 1. The van der Waals surface area contributed by atoms with E-state index in [9.17, 15) is 18.3 Å². The Bertz CT molecular complexity index is 614. The van der Waals surface area contributed by atoms with Crippen LogP contribution in [0, 0.1) is 0 Å². The minimum absolute atomic E-state index is 0.0751. The molecule has 0 amide bonds. The molecule has 8 heteroatoms. The van der Waals surface area contributed by atoms with Crippen molar-refractivity contribution in [1.82, 2.24) is 4.90 Å². The molecule has 0 fully saturated rings. The van der Waals surface area contributed by atoms with E-state index in [2.05, 4.69) is 0 Å². The van der Waals surface area contributed by atoms with Crippen molar-refractivity contribution in [3.05, 3.63) is 23.8 Å². The van der Waals surface area contributed by atoms with E-state index in [4.69, 9.17) is 5.14 Å². The maximum atomic E-state index is 11.3. The number of rotatable bonds is 7. The fraction of sp³-hybridized carbons (Fsp3) is 0.462. The van der Waals surface area contributed by atoms with Gasteiger partial charge in [-0.1, -0.05) is 0 Å². The van der Waals surface area contributed by atoms with Gasteiger partial charge in [-0.05, 0) is 45.3 Å². The number of aromatic carboxylic acids is 1. The molecule has 0 radical (unpaired) electrons. The second-order valence-electron chi connectivity index (χ2n) is 5.11. The Morgan fingerprint density at radius 1 is 1.24 bits per heavy atom. The Labute approximate surface area is 125 Å². The third kappa shape index (κ3) is 5.00. The third-order valence-electron chi connectivity index (χ3n) is 3.04. The average Bonchev–Trinajstić information content (AvgIpc) is 2.36. The van der Waals surface area contributed by atoms with E-state index < -0.39 is 16.0 Å². The van der Waals surface area contributed by atoms with Crippen LogP contribution in [0.25, 0.3) is 0 Å². The summed E-state index contributed by atoms with van der Waals surface area (Å²) in [7, 11) is 1.78. The van der Waals surface area contributed by atoms with Gasteiger partial charge < -0.3 is 14.9 Å². The molecule has 0 aromatic heterocycles. The molecule has 0 aliphatic heterocycles. The van der Waals surface area contributed by atoms with E-state index in [1.165, 1.54) is 12.1 Å². The van der Waals surface area contributed by atoms with E-state index in [1.807, 2.05) is 19.0 Å². The number of anilines is 1. The lowest BCUT2D eigenvalue weighted by atomic mass is 10.1. The van der Waals surface area contributed by atoms with E-state index >= 15 is 0 Å². The predicted octanol–water partition coefficient (Wildman–Crippen LogP) is 0.420. The lowest BCUT2D eigenvalue weighted by Crippen LogP contribution is -2.25. The molecule has 0 saturated carbocycles. The molecular formula is C13H21N3O4S. The number of carboxylic acids is 1. The van der Waals surface area contributed by atoms with Crippen LogP contribution >= 0.6 is 0 Å². The third-order valence-corrected chi connectivity index (χ3v) is 3.95. The molecule has 118 valence electrons. The van der Waals surface area contributed by atoms with Gasteiger partial charge >= 0.3 is 5.97 Å². The van der Waals surface area contributed by atoms with E-state index in [0.717, 1.165) is 19.0 Å². The van der Waals surface area contributed by atoms with Gasteiger partial charge in [-0.15, -0.1) is 0 Å². The van der Waals surface area contributed by atoms with Crippen molar-refractivity contribution < 1.29 is 18.3 Å². The fourth-order valence-electron chi connectivity index (χ4n) is 1.94. The molecule has 1 aromatic rings. The zero-order valence-corrected chi connectivity index (χ0v) is 13.2. The van der Waals surface area contributed by atoms with Crippen LogP contribution in [-0.4, -0.2) is 58.6 Å². The first-order valence-electron chi connectivity index (χ1n) is 6.39. The second-order valence-corrected chi connectivity index (χ2v) is 6.67. The number of carboxylic acid groups (broad SMARTS) is 1. The Kier molecular flexibility index (Phi) is 5.70. The van der Waals surface area contributed by atoms with Crippen molar-refractivity contribution in [3.8, 4) is 0 Å². The number of hydrogen-bond donors (Lipinski definition) is 2. The van der Waals surface area contributed by atoms with Gasteiger partial charge in [0, 0.05) is 13.6 Å². The first kappa shape index (κ1) is 17.4. The van der Waals surface area contributed by atoms with Crippen LogP contribution in [0.5, 0.6) is 0 Å². The zero-order chi connectivity index (χ0) is 16.2. The monoisotopic (exact) mass is 315 g/mol. The molecule has 0 spiro atoms. The molecule has 0 saturated heterocycles. The van der Waals surface area contributed by atoms with Crippen LogP contribution in [0.2, 0.25) is 0 Å². The smallest absolute Gasteiger partial charge is 0.337 e. The summed E-state index contributed by atoms with van der Waals surface area (Å²) in [5.41, 5.74) is 0.391. The largest absolute Gasteiger partial charge is 0.478 e. The fourth-order valence-corrected chi connectivity index (χ4v) is 2.48. The molecule has 0 unspecified atom stereocenters. The summed E-state index contributed by atoms with van der Waals surface area (Å²) in [5.74, 6) is -1.19. The lowest BCUT2D eigenvalue weighted by molar-refractivity contribution is 0.0697. The summed E-state index contributed by atoms with van der Waals surface area (Å²) in [4.78, 5) is 14.9. The first-order valence-corrected chi connectivity index (χ1v) is 7.93. The van der Waals surface area contributed by atoms with Crippen LogP contribution in [0.3, 0.4) is 0 Å². The van der Waals surface area contributed by atoms with Gasteiger partial charge in [0.1, 0.15) is 0 Å². The molecule has 1 rings (SSSR count). The molecule has 7 nitrogen and oxygen atoms in total. The number of hydrogen-bond acceptors (Lipinski definition) is 5. The van der Waals surface area contributed by atoms with Gasteiger partial charge in [0.05, 0.1) is 16.1 Å². The molecule has 0 heterocycles. The summed E-state index contributed by atoms with van der Waals surface area (Å²) in [5, 5.41) is 14.3. The first-order chi connectivity index (χ1) is 9.62. The summed E-state index contributed by atoms with van der Waals surface area (Å²) in [6.45, 7) is 1.54. The van der Waals surface area contributed by atoms with Gasteiger partial charge in [-0.25, -0.2) is 18.4 Å². The van der Waals surface area contributed by atoms with Crippen LogP contribution in [0.4, 0.5) is 5.69 Å². The standard InChI is InChI=1S/C13H21N3O4S/c1-15(2)7-4-8-16(3)12-6-5-10(21(14,19)20)9-11(12)13(17)18/h5-6,9H,4,7-8H2,1-3H3,(H,17,18)(H2,14,19,20). The molecule has 0 aliphatic rings. The van der Waals surface area contributed by atoms with E-state index in [1.54, 1.807) is 11.9 Å². The zero-order valence-electron chi connectivity index (χ0n) is 12.4. The van der Waals surface area contributed by atoms with Crippen LogP contribution in [0.1, 0.15) is 16.8 Å². The minimum Gasteiger partial charge on any atom is -0.478 e. The van der Waals surface area contributed by atoms with Crippen molar-refractivity contribution in [2.45, 2.75) is 11.3 Å². The van der Waals surface area contributed by atoms with E-state index in [0.29, 0.717) is 12.2 Å². The topological polar surface area (TPSA) is 104 Å². The molecule has 1 aromatic carbocycles. The average molecular weight is 315 g/mol. The second kappa shape index (κ2) is 6.88. The Morgan fingerprint density at radius 2 is 1.86 bits per heavy atom. The highest BCUT2D eigenvalue weighted by Crippen LogP contribution is 2.23. The molecule has 0 bridgehead atoms. The number of primary sulfonamides is 1. The summed E-state index contributed by atoms with van der Waals surface area (Å²) in [6.07, 6.45) is 0.861. The van der Waals surface area contributed by atoms with Crippen molar-refractivity contribution in [3.63, 3.8) is 0 Å². The Balaban J connectivity index is 3.04. The number of sulfonamides is 1. The molecular weight excluding hydrogens is 294 g/mol. The van der Waals surface area contributed by atoms with Gasteiger partial charge in [0.15, 0.2) is 0 Å². The highest BCUT2D eigenvalue weighted by Gasteiger charge is 2.18. The molecule has 0 atom stereocenters. The Hall–Kier alpha value is -1.64. The Morgan fingerprint density at radius 3 is 2.33 bits per heavy atom. The quantitative estimate of drug-likeness (QED) is 0.756. The SMILES string of the molecule is CN(C)CCCN(C)c1ccc(S(N)(=O)=O)cc1C(=O)O. The predicted molar refractivity (Wildman–Crippen MR) is 81.2 cm³/mol. The van der Waals surface area contributed by atoms with Crippen LogP contribution in [-0.2, 0) is 10.0 Å². The highest BCUT2D eigenvalue weighted by atomic mass is 32.2. The number of carbonyl (C=O) groups is 1. The maximum absolute atomic E-state index is 11.3. The van der Waals surface area contributed by atoms with Crippen molar-refractivity contribution in [2.24, 2.45) is 5.14 Å². The van der Waals surface area contributed by atoms with Gasteiger partial charge in [0.25, 0.3) is 0 Å². The summed E-state index contributed by atoms with van der Waals surface area (Å²) < 4.78 is 22.6. The number of nitrogens with two attached hydrogens (primary N) is 1. The van der Waals surface area contributed by atoms with Crippen LogP contribution < -0.4 is 10.0 Å². The van der Waals surface area contributed by atoms with Crippen molar-refractivity contribution in [2.75, 3.05) is 39.1 Å². The van der Waals surface area contributed by atoms with E-state index in [-0.39, 0.29) is 10.5 Å². The van der Waals surface area contributed by atoms with Crippen molar-refractivity contribution in [1.29, 1.82) is 0 Å². The maximum Gasteiger partial charge on any atom is 0.337 e. The highest BCUT2D eigenvalue weighted by molar-refractivity contribution is 7.89.